The summed E-state index contributed by atoms with van der Waals surface area (Å²) >= 11 is 0. The monoisotopic (exact) mass is 1630 g/mol. The number of piperidine rings is 2. The van der Waals surface area contributed by atoms with Gasteiger partial charge in [-0.2, -0.15) is 0 Å². The van der Waals surface area contributed by atoms with Gasteiger partial charge in [0.15, 0.2) is 0 Å². The number of nitrogens with one attached hydrogen (secondary N) is 4. The number of amides is 10. The van der Waals surface area contributed by atoms with Crippen molar-refractivity contribution in [2.75, 3.05) is 105 Å². The van der Waals surface area contributed by atoms with E-state index in [0.717, 1.165) is 267 Å². The van der Waals surface area contributed by atoms with Crippen molar-refractivity contribution in [3.63, 3.8) is 0 Å². The smallest absolute Gasteiger partial charge is 0.249 e. The standard InChI is InChI=1S/2C17H24N2O.4C16H20N2O2/c2*20-17(19-13-7-8-14-19)16(15-9-3-1-4-10-15)18-11-5-2-6-12-18;4*19-15(13-8-9-13)17-14(12-6-2-1-3-7-12)16(20)18-10-4-5-11-18/h2*1,3-4,9-10,16H,2,5-8,11-14H2;4*1-3,6-7,13-14H,4-5,8-11H2,(H,17,19)/t2*16-;4*14-/m111100/s1. The molecule has 4 saturated carbocycles. The fourth-order valence-corrected chi connectivity index (χ4v) is 17.5. The topological polar surface area (TPSA) is 245 Å². The Balaban J connectivity index is 0.000000124. The summed E-state index contributed by atoms with van der Waals surface area (Å²) in [7, 11) is 0. The summed E-state index contributed by atoms with van der Waals surface area (Å²) in [6.07, 6.45) is 28.2. The number of carbonyl (C=O) groups is 10. The quantitative estimate of drug-likeness (QED) is 0.0496. The first-order valence-electron chi connectivity index (χ1n) is 45.5. The highest BCUT2D eigenvalue weighted by Gasteiger charge is 2.41. The zero-order valence-electron chi connectivity index (χ0n) is 70.5. The van der Waals surface area contributed by atoms with Gasteiger partial charge in [-0.15, -0.1) is 0 Å². The van der Waals surface area contributed by atoms with E-state index in [9.17, 15) is 47.9 Å². The average Bonchev–Trinajstić information content (AvgIpc) is 0.964. The minimum atomic E-state index is -0.526. The van der Waals surface area contributed by atoms with Crippen molar-refractivity contribution >= 4 is 59.1 Å². The van der Waals surface area contributed by atoms with Gasteiger partial charge < -0.3 is 50.7 Å². The molecule has 6 aromatic rings. The SMILES string of the molecule is O=C(N[C@@H](C(=O)N1CCCC1)c1ccccc1)C1CC1.O=C(N[C@@H](C(=O)N1CCCC1)c1ccccc1)C1CC1.O=C(N[C@H](C(=O)N1CCCC1)c1ccccc1)C1CC1.O=C(N[C@H](C(=O)N1CCCC1)c1ccccc1)C1CC1.O=C([C@@H](c1ccccc1)N1CCCCC1)N1CCCC1.O=C([C@@H](c1ccccc1)N1CCCCC1)N1CCCC1. The molecular weight excluding hydrogens is 1510 g/mol. The van der Waals surface area contributed by atoms with Crippen LogP contribution in [-0.4, -0.2) is 203 Å². The van der Waals surface area contributed by atoms with Crippen LogP contribution in [0.4, 0.5) is 0 Å². The Morgan fingerprint density at radius 2 is 0.358 bits per heavy atom. The minimum Gasteiger partial charge on any atom is -0.341 e. The van der Waals surface area contributed by atoms with E-state index in [4.69, 9.17) is 0 Å². The van der Waals surface area contributed by atoms with Gasteiger partial charge in [-0.25, -0.2) is 0 Å². The van der Waals surface area contributed by atoms with Crippen molar-refractivity contribution < 1.29 is 47.9 Å². The lowest BCUT2D eigenvalue weighted by atomic mass is 10.0. The summed E-state index contributed by atoms with van der Waals surface area (Å²) in [5.41, 5.74) is 5.81. The number of nitrogens with zero attached hydrogens (tertiary/aromatic N) is 8. The second kappa shape index (κ2) is 45.0. The van der Waals surface area contributed by atoms with Crippen molar-refractivity contribution in [3.8, 4) is 0 Å². The number of benzene rings is 6. The summed E-state index contributed by atoms with van der Waals surface area (Å²) in [4.78, 5) is 141. The van der Waals surface area contributed by atoms with Gasteiger partial charge >= 0.3 is 0 Å². The average molecular weight is 1630 g/mol. The van der Waals surface area contributed by atoms with Gasteiger partial charge in [0.05, 0.1) is 0 Å². The van der Waals surface area contributed by atoms with Crippen LogP contribution in [0.25, 0.3) is 0 Å². The zero-order chi connectivity index (χ0) is 83.4. The lowest BCUT2D eigenvalue weighted by Crippen LogP contribution is -2.44. The Morgan fingerprint density at radius 1 is 0.200 bits per heavy atom. The van der Waals surface area contributed by atoms with Crippen molar-refractivity contribution in [3.05, 3.63) is 215 Å². The molecule has 22 heteroatoms. The Kier molecular flexibility index (Phi) is 32.9. The van der Waals surface area contributed by atoms with Crippen molar-refractivity contribution in [2.45, 2.75) is 203 Å². The third kappa shape index (κ3) is 25.5. The van der Waals surface area contributed by atoms with E-state index < -0.39 is 24.2 Å². The maximum Gasteiger partial charge on any atom is 0.249 e. The molecule has 8 heterocycles. The summed E-state index contributed by atoms with van der Waals surface area (Å²) in [6.45, 7) is 14.4. The number of hydrogen-bond acceptors (Lipinski definition) is 12. The van der Waals surface area contributed by atoms with Gasteiger partial charge in [-0.1, -0.05) is 195 Å². The molecule has 18 rings (SSSR count). The molecule has 640 valence electrons. The zero-order valence-corrected chi connectivity index (χ0v) is 70.5. The predicted molar refractivity (Wildman–Crippen MR) is 464 cm³/mol. The van der Waals surface area contributed by atoms with E-state index in [1.54, 1.807) is 0 Å². The highest BCUT2D eigenvalue weighted by Crippen LogP contribution is 2.36. The summed E-state index contributed by atoms with van der Waals surface area (Å²) in [5.74, 6) is 1.30. The molecule has 12 fully saturated rings. The van der Waals surface area contributed by atoms with Crippen LogP contribution in [0.3, 0.4) is 0 Å². The van der Waals surface area contributed by atoms with Gasteiger partial charge in [-0.3, -0.25) is 57.7 Å². The Bertz CT molecular complexity index is 3780. The molecule has 22 nitrogen and oxygen atoms in total. The molecule has 10 amide bonds. The molecule has 6 aromatic carbocycles. The van der Waals surface area contributed by atoms with Crippen LogP contribution in [0.15, 0.2) is 182 Å². The molecule has 0 unspecified atom stereocenters. The number of hydrogen-bond donors (Lipinski definition) is 4. The first-order chi connectivity index (χ1) is 58.7. The van der Waals surface area contributed by atoms with Gasteiger partial charge in [-0.05, 0) is 214 Å². The lowest BCUT2D eigenvalue weighted by Gasteiger charge is -2.36. The maximum absolute atomic E-state index is 12.9. The highest BCUT2D eigenvalue weighted by atomic mass is 16.2. The van der Waals surface area contributed by atoms with E-state index in [0.29, 0.717) is 11.8 Å². The molecule has 0 bridgehead atoms. The maximum atomic E-state index is 12.9. The van der Waals surface area contributed by atoms with Crippen LogP contribution in [0.2, 0.25) is 0 Å². The van der Waals surface area contributed by atoms with Crippen LogP contribution in [0, 0.1) is 23.7 Å². The van der Waals surface area contributed by atoms with E-state index >= 15 is 0 Å². The third-order valence-corrected chi connectivity index (χ3v) is 25.2. The van der Waals surface area contributed by atoms with Crippen LogP contribution < -0.4 is 21.3 Å². The van der Waals surface area contributed by atoms with E-state index in [1.165, 1.54) is 38.5 Å². The van der Waals surface area contributed by atoms with Crippen molar-refractivity contribution in [1.29, 1.82) is 0 Å². The van der Waals surface area contributed by atoms with Crippen LogP contribution in [-0.2, 0) is 47.9 Å². The Hall–Kier alpha value is -10.1. The first-order valence-corrected chi connectivity index (χ1v) is 45.5. The molecule has 6 atom stereocenters. The molecule has 0 spiro atoms. The molecule has 120 heavy (non-hydrogen) atoms. The van der Waals surface area contributed by atoms with Crippen LogP contribution in [0.5, 0.6) is 0 Å². The van der Waals surface area contributed by atoms with Gasteiger partial charge in [0, 0.05) is 102 Å². The van der Waals surface area contributed by atoms with Crippen molar-refractivity contribution in [2.24, 2.45) is 23.7 Å². The highest BCUT2D eigenvalue weighted by molar-refractivity contribution is 5.93. The molecule has 8 saturated heterocycles. The van der Waals surface area contributed by atoms with E-state index in [-0.39, 0.29) is 83.0 Å². The summed E-state index contributed by atoms with van der Waals surface area (Å²) < 4.78 is 0. The minimum absolute atomic E-state index is 0.0198. The molecule has 8 aliphatic heterocycles. The van der Waals surface area contributed by atoms with Gasteiger partial charge in [0.2, 0.25) is 59.1 Å². The number of carbonyl (C=O) groups excluding carboxylic acids is 10. The number of likely N-dealkylation sites (tertiary alicyclic amines) is 8. The largest absolute Gasteiger partial charge is 0.341 e. The molecule has 4 N–H and O–H groups in total. The predicted octanol–water partition coefficient (Wildman–Crippen LogP) is 13.2. The molecular formula is C98H128N12O10. The van der Waals surface area contributed by atoms with Gasteiger partial charge in [0.25, 0.3) is 0 Å². The van der Waals surface area contributed by atoms with Crippen LogP contribution in [0.1, 0.15) is 237 Å². The second-order valence-electron chi connectivity index (χ2n) is 34.5. The second-order valence-corrected chi connectivity index (χ2v) is 34.5. The summed E-state index contributed by atoms with van der Waals surface area (Å²) in [5, 5.41) is 11.8. The summed E-state index contributed by atoms with van der Waals surface area (Å²) in [6, 6.07) is 56.6. The molecule has 4 aliphatic carbocycles. The normalized spacial score (nSPS) is 20.4. The van der Waals surface area contributed by atoms with E-state index in [2.05, 4.69) is 65.1 Å². The van der Waals surface area contributed by atoms with Crippen LogP contribution >= 0.6 is 0 Å². The van der Waals surface area contributed by atoms with E-state index in [1.807, 2.05) is 177 Å². The lowest BCUT2D eigenvalue weighted by molar-refractivity contribution is -0.137. The number of rotatable bonds is 22. The molecule has 12 aliphatic rings. The van der Waals surface area contributed by atoms with Crippen molar-refractivity contribution in [1.82, 2.24) is 60.5 Å². The first kappa shape index (κ1) is 87.7. The molecule has 0 aromatic heterocycles. The Labute approximate surface area is 710 Å². The Morgan fingerprint density at radius 3 is 0.533 bits per heavy atom. The fraction of sp³-hybridized carbons (Fsp3) is 0.531. The fourth-order valence-electron chi connectivity index (χ4n) is 17.5. The van der Waals surface area contributed by atoms with Gasteiger partial charge in [0.1, 0.15) is 36.3 Å². The molecule has 0 radical (unpaired) electrons. The third-order valence-electron chi connectivity index (χ3n) is 25.2.